The zero-order valence-corrected chi connectivity index (χ0v) is 8.23. The quantitative estimate of drug-likeness (QED) is 0.703. The maximum absolute atomic E-state index is 11.2. The molecule has 1 heterocycles. The van der Waals surface area contributed by atoms with Crippen LogP contribution in [0.1, 0.15) is 18.9 Å². The van der Waals surface area contributed by atoms with E-state index in [1.807, 2.05) is 25.4 Å². The van der Waals surface area contributed by atoms with E-state index in [0.717, 1.165) is 6.54 Å². The van der Waals surface area contributed by atoms with Crippen molar-refractivity contribution < 1.29 is 4.79 Å². The summed E-state index contributed by atoms with van der Waals surface area (Å²) in [6.07, 6.45) is 0.584. The van der Waals surface area contributed by atoms with Crippen LogP contribution in [0.25, 0.3) is 0 Å². The second-order valence-corrected chi connectivity index (χ2v) is 3.51. The van der Waals surface area contributed by atoms with Gasteiger partial charge in [0.25, 0.3) is 0 Å². The molecule has 1 aromatic heterocycles. The lowest BCUT2D eigenvalue weighted by Gasteiger charge is -2.14. The molecule has 0 saturated carbocycles. The molecule has 1 rings (SSSR count). The lowest BCUT2D eigenvalue weighted by molar-refractivity contribution is -0.130. The third kappa shape index (κ3) is 2.34. The number of amides is 1. The minimum atomic E-state index is 0.196. The van der Waals surface area contributed by atoms with E-state index < -0.39 is 0 Å². The molecule has 0 N–H and O–H groups in total. The predicted molar refractivity (Wildman–Crippen MR) is 51.1 cm³/mol. The third-order valence-corrected chi connectivity index (χ3v) is 2.46. The summed E-state index contributed by atoms with van der Waals surface area (Å²) in [6, 6.07) is 2.05. The molecule has 3 heteroatoms. The first-order valence-corrected chi connectivity index (χ1v) is 4.93. The fourth-order valence-corrected chi connectivity index (χ4v) is 1.67. The highest BCUT2D eigenvalue weighted by atomic mass is 32.1. The van der Waals surface area contributed by atoms with Crippen molar-refractivity contribution in [1.29, 1.82) is 0 Å². The van der Waals surface area contributed by atoms with Crippen molar-refractivity contribution in [2.75, 3.05) is 7.05 Å². The summed E-state index contributed by atoms with van der Waals surface area (Å²) in [5.41, 5.74) is 1.21. The van der Waals surface area contributed by atoms with Gasteiger partial charge in [0.05, 0.1) is 0 Å². The Morgan fingerprint density at radius 3 is 2.92 bits per heavy atom. The van der Waals surface area contributed by atoms with Crippen LogP contribution in [0.5, 0.6) is 0 Å². The van der Waals surface area contributed by atoms with Crippen molar-refractivity contribution in [3.8, 4) is 0 Å². The molecule has 12 heavy (non-hydrogen) atoms. The largest absolute Gasteiger partial charge is 0.341 e. The summed E-state index contributed by atoms with van der Waals surface area (Å²) in [6.45, 7) is 2.61. The van der Waals surface area contributed by atoms with Gasteiger partial charge < -0.3 is 4.90 Å². The van der Waals surface area contributed by atoms with Crippen LogP contribution in [-0.4, -0.2) is 17.9 Å². The summed E-state index contributed by atoms with van der Waals surface area (Å²) >= 11 is 1.66. The molecule has 0 aliphatic rings. The van der Waals surface area contributed by atoms with Crippen LogP contribution in [-0.2, 0) is 11.3 Å². The van der Waals surface area contributed by atoms with Crippen LogP contribution in [0.3, 0.4) is 0 Å². The van der Waals surface area contributed by atoms with Crippen LogP contribution in [0.4, 0.5) is 0 Å². The highest BCUT2D eigenvalue weighted by Crippen LogP contribution is 2.08. The molecule has 0 fully saturated rings. The Labute approximate surface area is 76.8 Å². The molecule has 0 unspecified atom stereocenters. The normalized spacial score (nSPS) is 9.83. The van der Waals surface area contributed by atoms with Gasteiger partial charge in [0.1, 0.15) is 0 Å². The Balaban J connectivity index is 2.47. The van der Waals surface area contributed by atoms with Crippen molar-refractivity contribution in [2.24, 2.45) is 0 Å². The number of nitrogens with zero attached hydrogens (tertiary/aromatic N) is 1. The Morgan fingerprint density at radius 2 is 2.42 bits per heavy atom. The van der Waals surface area contributed by atoms with Gasteiger partial charge in [-0.15, -0.1) is 0 Å². The van der Waals surface area contributed by atoms with Crippen molar-refractivity contribution in [3.63, 3.8) is 0 Å². The summed E-state index contributed by atoms with van der Waals surface area (Å²) in [7, 11) is 1.84. The molecule has 2 nitrogen and oxygen atoms in total. The lowest BCUT2D eigenvalue weighted by Crippen LogP contribution is -2.24. The zero-order valence-electron chi connectivity index (χ0n) is 7.41. The summed E-state index contributed by atoms with van der Waals surface area (Å²) in [4.78, 5) is 12.9. The Bertz CT molecular complexity index is 243. The molecule has 0 radical (unpaired) electrons. The molecule has 0 spiro atoms. The van der Waals surface area contributed by atoms with Crippen molar-refractivity contribution in [3.05, 3.63) is 22.4 Å². The smallest absolute Gasteiger partial charge is 0.222 e. The van der Waals surface area contributed by atoms with Crippen LogP contribution < -0.4 is 0 Å². The Morgan fingerprint density at radius 1 is 1.67 bits per heavy atom. The van der Waals surface area contributed by atoms with E-state index in [0.29, 0.717) is 6.42 Å². The summed E-state index contributed by atoms with van der Waals surface area (Å²) in [5, 5.41) is 4.10. The van der Waals surface area contributed by atoms with Gasteiger partial charge in [-0.25, -0.2) is 0 Å². The minimum absolute atomic E-state index is 0.196. The van der Waals surface area contributed by atoms with E-state index in [9.17, 15) is 4.79 Å². The minimum Gasteiger partial charge on any atom is -0.341 e. The van der Waals surface area contributed by atoms with Crippen LogP contribution in [0, 0.1) is 0 Å². The summed E-state index contributed by atoms with van der Waals surface area (Å²) < 4.78 is 0. The topological polar surface area (TPSA) is 20.3 Å². The van der Waals surface area contributed by atoms with Gasteiger partial charge in [-0.3, -0.25) is 4.79 Å². The first kappa shape index (κ1) is 9.26. The molecule has 0 aromatic carbocycles. The van der Waals surface area contributed by atoms with Gasteiger partial charge in [0, 0.05) is 20.0 Å². The lowest BCUT2D eigenvalue weighted by atomic mass is 10.3. The maximum Gasteiger partial charge on any atom is 0.222 e. The van der Waals surface area contributed by atoms with E-state index in [4.69, 9.17) is 0 Å². The first-order chi connectivity index (χ1) is 5.74. The molecule has 0 aliphatic carbocycles. The highest BCUT2D eigenvalue weighted by molar-refractivity contribution is 7.07. The van der Waals surface area contributed by atoms with Crippen molar-refractivity contribution in [2.45, 2.75) is 19.9 Å². The molecular formula is C9H13NOS. The Hall–Kier alpha value is -0.830. The van der Waals surface area contributed by atoms with E-state index in [-0.39, 0.29) is 5.91 Å². The SMILES string of the molecule is CCC(=O)N(C)Cc1ccsc1. The van der Waals surface area contributed by atoms with Gasteiger partial charge in [-0.1, -0.05) is 6.92 Å². The first-order valence-electron chi connectivity index (χ1n) is 3.99. The van der Waals surface area contributed by atoms with Gasteiger partial charge in [0.15, 0.2) is 0 Å². The average molecular weight is 183 g/mol. The van der Waals surface area contributed by atoms with E-state index in [1.165, 1.54) is 5.56 Å². The van der Waals surface area contributed by atoms with E-state index >= 15 is 0 Å². The van der Waals surface area contributed by atoms with E-state index in [2.05, 4.69) is 5.38 Å². The molecule has 0 aliphatic heterocycles. The molecule has 0 bridgehead atoms. The maximum atomic E-state index is 11.2. The third-order valence-electron chi connectivity index (χ3n) is 1.73. The standard InChI is InChI=1S/C9H13NOS/c1-3-9(11)10(2)6-8-4-5-12-7-8/h4-5,7H,3,6H2,1-2H3. The fourth-order valence-electron chi connectivity index (χ4n) is 1.01. The van der Waals surface area contributed by atoms with Gasteiger partial charge >= 0.3 is 0 Å². The fraction of sp³-hybridized carbons (Fsp3) is 0.444. The summed E-state index contributed by atoms with van der Waals surface area (Å²) in [5.74, 6) is 0.196. The number of rotatable bonds is 3. The number of hydrogen-bond donors (Lipinski definition) is 0. The average Bonchev–Trinajstić information content (AvgIpc) is 2.55. The van der Waals surface area contributed by atoms with Crippen LogP contribution in [0.2, 0.25) is 0 Å². The molecule has 0 saturated heterocycles. The molecule has 0 atom stereocenters. The van der Waals surface area contributed by atoms with Crippen LogP contribution >= 0.6 is 11.3 Å². The second-order valence-electron chi connectivity index (χ2n) is 2.73. The molecular weight excluding hydrogens is 170 g/mol. The number of hydrogen-bond acceptors (Lipinski definition) is 2. The highest BCUT2D eigenvalue weighted by Gasteiger charge is 2.05. The second kappa shape index (κ2) is 4.26. The number of thiophene rings is 1. The molecule has 1 amide bonds. The van der Waals surface area contributed by atoms with Gasteiger partial charge in [-0.2, -0.15) is 11.3 Å². The monoisotopic (exact) mass is 183 g/mol. The van der Waals surface area contributed by atoms with Gasteiger partial charge in [0.2, 0.25) is 5.91 Å². The molecule has 1 aromatic rings. The Kier molecular flexibility index (Phi) is 3.29. The van der Waals surface area contributed by atoms with Gasteiger partial charge in [-0.05, 0) is 22.4 Å². The molecule has 66 valence electrons. The van der Waals surface area contributed by atoms with Crippen molar-refractivity contribution in [1.82, 2.24) is 4.90 Å². The van der Waals surface area contributed by atoms with Crippen LogP contribution in [0.15, 0.2) is 16.8 Å². The predicted octanol–water partition coefficient (Wildman–Crippen LogP) is 2.12. The van der Waals surface area contributed by atoms with E-state index in [1.54, 1.807) is 16.2 Å². The van der Waals surface area contributed by atoms with Crippen molar-refractivity contribution >= 4 is 17.2 Å². The number of carbonyl (C=O) groups excluding carboxylic acids is 1. The number of carbonyl (C=O) groups is 1. The zero-order chi connectivity index (χ0) is 8.97.